The largest absolute Gasteiger partial charge is 0.441 e. The van der Waals surface area contributed by atoms with Crippen LogP contribution in [0.5, 0.6) is 0 Å². The Labute approximate surface area is 177 Å². The van der Waals surface area contributed by atoms with Crippen molar-refractivity contribution in [2.24, 2.45) is 0 Å². The molecular weight excluding hydrogens is 413 g/mol. The summed E-state index contributed by atoms with van der Waals surface area (Å²) in [6, 6.07) is 13.7. The Kier molecular flexibility index (Phi) is 6.29. The van der Waals surface area contributed by atoms with E-state index in [1.807, 2.05) is 35.2 Å². The smallest absolute Gasteiger partial charge is 0.390 e. The van der Waals surface area contributed by atoms with E-state index in [2.05, 4.69) is 5.16 Å². The quantitative estimate of drug-likeness (QED) is 0.643. The fourth-order valence-electron chi connectivity index (χ4n) is 3.57. The molecule has 30 heavy (non-hydrogen) atoms. The van der Waals surface area contributed by atoms with Crippen LogP contribution in [-0.2, 0) is 11.3 Å². The van der Waals surface area contributed by atoms with Crippen molar-refractivity contribution in [1.29, 1.82) is 0 Å². The molecule has 2 unspecified atom stereocenters. The molecule has 0 saturated carbocycles. The van der Waals surface area contributed by atoms with Gasteiger partial charge in [-0.2, -0.15) is 0 Å². The van der Waals surface area contributed by atoms with E-state index in [1.54, 1.807) is 12.1 Å². The van der Waals surface area contributed by atoms with E-state index in [0.29, 0.717) is 32.1 Å². The number of hydrogen-bond acceptors (Lipinski definition) is 6. The van der Waals surface area contributed by atoms with Gasteiger partial charge in [0.05, 0.1) is 30.4 Å². The summed E-state index contributed by atoms with van der Waals surface area (Å²) in [7, 11) is 0. The molecular formula is C21H21ClFN3O4. The number of halogens is 2. The molecule has 1 aliphatic heterocycles. The monoisotopic (exact) mass is 433 g/mol. The maximum Gasteiger partial charge on any atom is 0.441 e. The number of nitrogens with zero attached hydrogens (tertiary/aromatic N) is 3. The van der Waals surface area contributed by atoms with Crippen LogP contribution in [0.4, 0.5) is 4.39 Å². The molecule has 0 amide bonds. The van der Waals surface area contributed by atoms with Crippen LogP contribution in [0.2, 0.25) is 5.02 Å². The molecule has 4 rings (SSSR count). The third kappa shape index (κ3) is 4.62. The maximum absolute atomic E-state index is 13.4. The van der Waals surface area contributed by atoms with E-state index in [-0.39, 0.29) is 17.7 Å². The van der Waals surface area contributed by atoms with E-state index < -0.39 is 17.7 Å². The molecule has 2 heterocycles. The van der Waals surface area contributed by atoms with Gasteiger partial charge in [-0.25, -0.2) is 9.18 Å². The molecule has 0 spiro atoms. The molecule has 2 aromatic carbocycles. The number of benzene rings is 2. The van der Waals surface area contributed by atoms with Crippen LogP contribution in [0.25, 0.3) is 11.4 Å². The Morgan fingerprint density at radius 2 is 2.03 bits per heavy atom. The summed E-state index contributed by atoms with van der Waals surface area (Å²) in [6.45, 7) is 2.00. The summed E-state index contributed by atoms with van der Waals surface area (Å²) in [4.78, 5) is 14.1. The minimum atomic E-state index is -0.819. The fraction of sp³-hybridized carbons (Fsp3) is 0.333. The zero-order chi connectivity index (χ0) is 21.1. The van der Waals surface area contributed by atoms with Crippen LogP contribution in [0.15, 0.2) is 57.8 Å². The molecule has 1 aromatic heterocycles. The predicted molar refractivity (Wildman–Crippen MR) is 109 cm³/mol. The Balaban J connectivity index is 1.42. The number of β-amino-alcohol motifs (C(OH)–C–C–N with tert-alkyl or cyclic N) is 1. The molecule has 0 aliphatic carbocycles. The summed E-state index contributed by atoms with van der Waals surface area (Å²) in [5, 5.41) is 14.5. The van der Waals surface area contributed by atoms with Gasteiger partial charge >= 0.3 is 5.76 Å². The van der Waals surface area contributed by atoms with Gasteiger partial charge in [0.25, 0.3) is 0 Å². The maximum atomic E-state index is 13.4. The van der Waals surface area contributed by atoms with Crippen molar-refractivity contribution in [3.8, 4) is 11.4 Å². The Morgan fingerprint density at radius 3 is 2.80 bits per heavy atom. The SMILES string of the molecule is O=c1onc(-c2ccccc2)n1CC(O)CN1CCOC(c2ccc(F)c(Cl)c2)C1. The highest BCUT2D eigenvalue weighted by molar-refractivity contribution is 6.30. The van der Waals surface area contributed by atoms with Crippen LogP contribution in [0.1, 0.15) is 11.7 Å². The lowest BCUT2D eigenvalue weighted by Gasteiger charge is -2.34. The first-order valence-electron chi connectivity index (χ1n) is 9.60. The summed E-state index contributed by atoms with van der Waals surface area (Å²) in [6.07, 6.45) is -1.10. The van der Waals surface area contributed by atoms with Crippen LogP contribution >= 0.6 is 11.6 Å². The highest BCUT2D eigenvalue weighted by atomic mass is 35.5. The van der Waals surface area contributed by atoms with E-state index >= 15 is 0 Å². The van der Waals surface area contributed by atoms with E-state index in [4.69, 9.17) is 20.9 Å². The van der Waals surface area contributed by atoms with Crippen molar-refractivity contribution in [3.63, 3.8) is 0 Å². The number of rotatable bonds is 6. The summed E-state index contributed by atoms with van der Waals surface area (Å²) >= 11 is 5.88. The molecule has 3 aromatic rings. The number of morpholine rings is 1. The third-order valence-electron chi connectivity index (χ3n) is 5.05. The molecule has 0 bridgehead atoms. The molecule has 1 N–H and O–H groups in total. The second-order valence-corrected chi connectivity index (χ2v) is 7.60. The second kappa shape index (κ2) is 9.09. The third-order valence-corrected chi connectivity index (χ3v) is 5.34. The van der Waals surface area contributed by atoms with Gasteiger partial charge in [-0.1, -0.05) is 53.2 Å². The second-order valence-electron chi connectivity index (χ2n) is 7.20. The number of aromatic nitrogens is 2. The first kappa shape index (κ1) is 20.7. The Hall–Kier alpha value is -2.52. The molecule has 1 aliphatic rings. The van der Waals surface area contributed by atoms with Crippen molar-refractivity contribution < 1.29 is 18.8 Å². The van der Waals surface area contributed by atoms with Crippen molar-refractivity contribution in [2.75, 3.05) is 26.2 Å². The lowest BCUT2D eigenvalue weighted by molar-refractivity contribution is -0.0435. The van der Waals surface area contributed by atoms with E-state index in [9.17, 15) is 14.3 Å². The Morgan fingerprint density at radius 1 is 1.23 bits per heavy atom. The zero-order valence-electron chi connectivity index (χ0n) is 16.1. The normalized spacial score (nSPS) is 18.4. The molecule has 0 radical (unpaired) electrons. The van der Waals surface area contributed by atoms with Crippen LogP contribution in [0, 0.1) is 5.82 Å². The topological polar surface area (TPSA) is 80.7 Å². The van der Waals surface area contributed by atoms with Gasteiger partial charge in [0.1, 0.15) is 5.82 Å². The lowest BCUT2D eigenvalue weighted by atomic mass is 10.1. The molecule has 7 nitrogen and oxygen atoms in total. The van der Waals surface area contributed by atoms with Gasteiger partial charge in [0, 0.05) is 25.2 Å². The summed E-state index contributed by atoms with van der Waals surface area (Å²) < 4.78 is 25.4. The summed E-state index contributed by atoms with van der Waals surface area (Å²) in [5.41, 5.74) is 1.51. The molecule has 1 fully saturated rings. The molecule has 158 valence electrons. The van der Waals surface area contributed by atoms with Gasteiger partial charge in [0.15, 0.2) is 5.82 Å². The average molecular weight is 434 g/mol. The fourth-order valence-corrected chi connectivity index (χ4v) is 3.76. The van der Waals surface area contributed by atoms with E-state index in [0.717, 1.165) is 11.1 Å². The number of aliphatic hydroxyl groups excluding tert-OH is 1. The highest BCUT2D eigenvalue weighted by Gasteiger charge is 2.25. The van der Waals surface area contributed by atoms with Crippen molar-refractivity contribution in [1.82, 2.24) is 14.6 Å². The average Bonchev–Trinajstić information content (AvgIpc) is 3.11. The Bertz CT molecular complexity index is 1060. The molecule has 2 atom stereocenters. The van der Waals surface area contributed by atoms with Crippen molar-refractivity contribution in [3.05, 3.63) is 75.5 Å². The van der Waals surface area contributed by atoms with Gasteiger partial charge in [-0.3, -0.25) is 14.0 Å². The summed E-state index contributed by atoms with van der Waals surface area (Å²) in [5.74, 6) is -0.717. The van der Waals surface area contributed by atoms with Gasteiger partial charge in [-0.15, -0.1) is 0 Å². The van der Waals surface area contributed by atoms with Crippen LogP contribution in [0.3, 0.4) is 0 Å². The van der Waals surface area contributed by atoms with Gasteiger partial charge in [0.2, 0.25) is 0 Å². The minimum Gasteiger partial charge on any atom is -0.390 e. The first-order valence-corrected chi connectivity index (χ1v) is 9.98. The highest BCUT2D eigenvalue weighted by Crippen LogP contribution is 2.26. The molecule has 9 heteroatoms. The number of ether oxygens (including phenoxy) is 1. The van der Waals surface area contributed by atoms with Gasteiger partial charge < -0.3 is 9.84 Å². The van der Waals surface area contributed by atoms with Crippen molar-refractivity contribution in [2.45, 2.75) is 18.8 Å². The lowest BCUT2D eigenvalue weighted by Crippen LogP contribution is -2.43. The number of aliphatic hydroxyl groups is 1. The first-order chi connectivity index (χ1) is 14.5. The van der Waals surface area contributed by atoms with Crippen LogP contribution in [-0.4, -0.2) is 52.1 Å². The van der Waals surface area contributed by atoms with E-state index in [1.165, 1.54) is 10.6 Å². The zero-order valence-corrected chi connectivity index (χ0v) is 16.8. The van der Waals surface area contributed by atoms with Gasteiger partial charge in [-0.05, 0) is 17.7 Å². The number of hydrogen-bond donors (Lipinski definition) is 1. The van der Waals surface area contributed by atoms with Crippen molar-refractivity contribution >= 4 is 11.6 Å². The predicted octanol–water partition coefficient (Wildman–Crippen LogP) is 2.73. The standard InChI is InChI=1S/C21H21ClFN3O4/c22-17-10-15(6-7-18(17)23)19-13-25(8-9-29-19)11-16(27)12-26-20(24-30-21(26)28)14-4-2-1-3-5-14/h1-7,10,16,19,27H,8-9,11-13H2. The minimum absolute atomic E-state index is 0.0496. The van der Waals surface area contributed by atoms with Crippen LogP contribution < -0.4 is 5.76 Å². The molecule has 1 saturated heterocycles.